The highest BCUT2D eigenvalue weighted by Crippen LogP contribution is 2.13. The van der Waals surface area contributed by atoms with Crippen LogP contribution in [0.25, 0.3) is 0 Å². The van der Waals surface area contributed by atoms with Gasteiger partial charge in [0.05, 0.1) is 11.2 Å². The van der Waals surface area contributed by atoms with Gasteiger partial charge in [-0.05, 0) is 26.8 Å². The second kappa shape index (κ2) is 7.21. The Bertz CT molecular complexity index is 475. The molecule has 0 fully saturated rings. The minimum Gasteiger partial charge on any atom is -0.409 e. The molecule has 1 aromatic carbocycles. The average Bonchev–Trinajstić information content (AvgIpc) is 2.39. The summed E-state index contributed by atoms with van der Waals surface area (Å²) in [6.07, 6.45) is 0. The Hall–Kier alpha value is -1.66. The zero-order valence-electron chi connectivity index (χ0n) is 12.1. The van der Waals surface area contributed by atoms with Crippen molar-refractivity contribution in [2.45, 2.75) is 32.9 Å². The predicted molar refractivity (Wildman–Crippen MR) is 76.3 cm³/mol. The lowest BCUT2D eigenvalue weighted by Gasteiger charge is -2.25. The maximum absolute atomic E-state index is 14.1. The van der Waals surface area contributed by atoms with E-state index in [1.165, 1.54) is 6.07 Å². The van der Waals surface area contributed by atoms with E-state index in [0.29, 0.717) is 25.3 Å². The highest BCUT2D eigenvalue weighted by atomic mass is 19.1. The van der Waals surface area contributed by atoms with Gasteiger partial charge >= 0.3 is 0 Å². The van der Waals surface area contributed by atoms with Crippen LogP contribution in [-0.2, 0) is 11.3 Å². The quantitative estimate of drug-likeness (QED) is 0.309. The Morgan fingerprint density at radius 2 is 2.20 bits per heavy atom. The Labute approximate surface area is 118 Å². The number of hydrogen-bond acceptors (Lipinski definition) is 4. The van der Waals surface area contributed by atoms with Gasteiger partial charge in [-0.1, -0.05) is 17.3 Å². The Morgan fingerprint density at radius 3 is 2.80 bits per heavy atom. The highest BCUT2D eigenvalue weighted by molar-refractivity contribution is 5.97. The molecule has 0 saturated carbocycles. The lowest BCUT2D eigenvalue weighted by molar-refractivity contribution is -0.00901. The van der Waals surface area contributed by atoms with Gasteiger partial charge in [0.25, 0.3) is 0 Å². The Balaban J connectivity index is 2.70. The number of oxime groups is 1. The molecule has 0 atom stereocenters. The molecule has 0 spiro atoms. The summed E-state index contributed by atoms with van der Waals surface area (Å²) in [6.45, 7) is 7.42. The summed E-state index contributed by atoms with van der Waals surface area (Å²) in [6, 6.07) is 4.79. The van der Waals surface area contributed by atoms with Gasteiger partial charge in [-0.3, -0.25) is 0 Å². The van der Waals surface area contributed by atoms with Gasteiger partial charge in [-0.25, -0.2) is 4.39 Å². The van der Waals surface area contributed by atoms with Crippen molar-refractivity contribution >= 4 is 5.84 Å². The molecular weight excluding hydrogens is 261 g/mol. The van der Waals surface area contributed by atoms with Gasteiger partial charge in [0.2, 0.25) is 0 Å². The first kappa shape index (κ1) is 16.4. The normalized spacial score (nSPS) is 12.7. The fourth-order valence-electron chi connectivity index (χ4n) is 1.91. The molecule has 1 rings (SSSR count). The number of nitrogens with two attached hydrogens (primary N) is 1. The molecule has 20 heavy (non-hydrogen) atoms. The van der Waals surface area contributed by atoms with Crippen LogP contribution in [0.3, 0.4) is 0 Å². The van der Waals surface area contributed by atoms with Crippen LogP contribution in [0.4, 0.5) is 4.39 Å². The summed E-state index contributed by atoms with van der Waals surface area (Å²) in [5.41, 5.74) is 5.66. The van der Waals surface area contributed by atoms with E-state index in [-0.39, 0.29) is 17.0 Å². The molecule has 0 aromatic heterocycles. The molecule has 0 aliphatic heterocycles. The number of halogens is 1. The van der Waals surface area contributed by atoms with Crippen LogP contribution in [0.1, 0.15) is 31.9 Å². The Morgan fingerprint density at radius 1 is 1.50 bits per heavy atom. The fraction of sp³-hybridized carbons (Fsp3) is 0.500. The molecule has 0 unspecified atom stereocenters. The summed E-state index contributed by atoms with van der Waals surface area (Å²) >= 11 is 0. The molecule has 0 aliphatic rings. The minimum absolute atomic E-state index is 0.0934. The lowest BCUT2D eigenvalue weighted by Crippen LogP contribution is -2.37. The first-order valence-electron chi connectivity index (χ1n) is 6.51. The summed E-state index contributed by atoms with van der Waals surface area (Å²) in [5, 5.41) is 14.6. The van der Waals surface area contributed by atoms with Gasteiger partial charge in [0.15, 0.2) is 5.84 Å². The number of hydrogen-bond donors (Lipinski definition) is 3. The average molecular weight is 283 g/mol. The molecule has 112 valence electrons. The van der Waals surface area contributed by atoms with E-state index in [4.69, 9.17) is 15.7 Å². The number of rotatable bonds is 7. The van der Waals surface area contributed by atoms with Crippen LogP contribution in [0.2, 0.25) is 0 Å². The number of nitrogens with zero attached hydrogens (tertiary/aromatic N) is 1. The van der Waals surface area contributed by atoms with Gasteiger partial charge in [0.1, 0.15) is 5.82 Å². The van der Waals surface area contributed by atoms with E-state index in [1.54, 1.807) is 12.1 Å². The van der Waals surface area contributed by atoms with Crippen molar-refractivity contribution in [1.29, 1.82) is 0 Å². The van der Waals surface area contributed by atoms with Gasteiger partial charge in [0, 0.05) is 25.3 Å². The molecular formula is C14H22FN3O2. The van der Waals surface area contributed by atoms with E-state index in [2.05, 4.69) is 10.5 Å². The first-order valence-corrected chi connectivity index (χ1v) is 6.51. The van der Waals surface area contributed by atoms with Gasteiger partial charge < -0.3 is 21.0 Å². The van der Waals surface area contributed by atoms with Crippen molar-refractivity contribution in [2.24, 2.45) is 10.9 Å². The molecule has 0 aliphatic carbocycles. The maximum atomic E-state index is 14.1. The Kier molecular flexibility index (Phi) is 5.91. The molecule has 0 heterocycles. The number of ether oxygens (including phenoxy) is 1. The summed E-state index contributed by atoms with van der Waals surface area (Å²) in [5.74, 6) is -0.719. The molecule has 1 aromatic rings. The van der Waals surface area contributed by atoms with Crippen LogP contribution >= 0.6 is 0 Å². The maximum Gasteiger partial charge on any atom is 0.173 e. The van der Waals surface area contributed by atoms with Crippen molar-refractivity contribution in [2.75, 3.05) is 13.2 Å². The molecule has 0 amide bonds. The third kappa shape index (κ3) is 4.47. The number of amidine groups is 1. The van der Waals surface area contributed by atoms with Crippen LogP contribution in [0, 0.1) is 5.82 Å². The molecule has 0 bridgehead atoms. The van der Waals surface area contributed by atoms with Crippen molar-refractivity contribution in [3.8, 4) is 0 Å². The molecule has 4 N–H and O–H groups in total. The van der Waals surface area contributed by atoms with Crippen molar-refractivity contribution < 1.29 is 14.3 Å². The molecule has 0 saturated heterocycles. The standard InChI is InChI=1S/C14H22FN3O2/c1-4-20-14(2,3)9-17-8-10-6-5-7-11(12(10)15)13(16)18-19/h5-7,17,19H,4,8-9H2,1-3H3,(H2,16,18). The van der Waals surface area contributed by atoms with Crippen molar-refractivity contribution in [3.63, 3.8) is 0 Å². The van der Waals surface area contributed by atoms with Crippen LogP contribution < -0.4 is 11.1 Å². The zero-order chi connectivity index (χ0) is 15.2. The molecule has 5 nitrogen and oxygen atoms in total. The lowest BCUT2D eigenvalue weighted by atomic mass is 10.1. The highest BCUT2D eigenvalue weighted by Gasteiger charge is 2.17. The van der Waals surface area contributed by atoms with E-state index < -0.39 is 5.82 Å². The minimum atomic E-state index is -0.482. The fourth-order valence-corrected chi connectivity index (χ4v) is 1.91. The topological polar surface area (TPSA) is 79.9 Å². The SMILES string of the molecule is CCOC(C)(C)CNCc1cccc(/C(N)=N/O)c1F. The van der Waals surface area contributed by atoms with Crippen LogP contribution in [0.5, 0.6) is 0 Å². The largest absolute Gasteiger partial charge is 0.409 e. The second-order valence-corrected chi connectivity index (χ2v) is 5.06. The molecule has 6 heteroatoms. The van der Waals surface area contributed by atoms with Gasteiger partial charge in [-0.15, -0.1) is 0 Å². The number of benzene rings is 1. The van der Waals surface area contributed by atoms with E-state index in [0.717, 1.165) is 0 Å². The van der Waals surface area contributed by atoms with E-state index >= 15 is 0 Å². The summed E-state index contributed by atoms with van der Waals surface area (Å²) in [4.78, 5) is 0. The molecule has 0 radical (unpaired) electrons. The van der Waals surface area contributed by atoms with Crippen molar-refractivity contribution in [1.82, 2.24) is 5.32 Å². The van der Waals surface area contributed by atoms with Crippen LogP contribution in [-0.4, -0.2) is 29.8 Å². The third-order valence-corrected chi connectivity index (χ3v) is 2.86. The summed E-state index contributed by atoms with van der Waals surface area (Å²) < 4.78 is 19.7. The first-order chi connectivity index (χ1) is 9.41. The predicted octanol–water partition coefficient (Wildman–Crippen LogP) is 1.82. The smallest absolute Gasteiger partial charge is 0.173 e. The number of nitrogens with one attached hydrogen (secondary N) is 1. The van der Waals surface area contributed by atoms with E-state index in [1.807, 2.05) is 20.8 Å². The van der Waals surface area contributed by atoms with E-state index in [9.17, 15) is 4.39 Å². The monoisotopic (exact) mass is 283 g/mol. The van der Waals surface area contributed by atoms with Gasteiger partial charge in [-0.2, -0.15) is 0 Å². The van der Waals surface area contributed by atoms with Crippen LogP contribution in [0.15, 0.2) is 23.4 Å². The zero-order valence-corrected chi connectivity index (χ0v) is 12.1. The van der Waals surface area contributed by atoms with Crippen molar-refractivity contribution in [3.05, 3.63) is 35.1 Å². The third-order valence-electron chi connectivity index (χ3n) is 2.86. The summed E-state index contributed by atoms with van der Waals surface area (Å²) in [7, 11) is 0. The second-order valence-electron chi connectivity index (χ2n) is 5.06.